The third-order valence-electron chi connectivity index (χ3n) is 3.95. The standard InChI is InChI=1S/C22H21NO4/c1-25-22(24)15-19(23)16-12-13-20(26-17-8-4-2-5-9-17)21(14-16)27-18-10-6-3-7-11-18/h2-14,19H,15,23H2,1H3/t19-/m0/s1. The van der Waals surface area contributed by atoms with Gasteiger partial charge in [-0.05, 0) is 42.0 Å². The van der Waals surface area contributed by atoms with Crippen molar-refractivity contribution in [2.45, 2.75) is 12.5 Å². The molecule has 0 spiro atoms. The molecule has 0 aliphatic rings. The van der Waals surface area contributed by atoms with Gasteiger partial charge in [-0.25, -0.2) is 0 Å². The van der Waals surface area contributed by atoms with Crippen molar-refractivity contribution >= 4 is 5.97 Å². The molecule has 138 valence electrons. The monoisotopic (exact) mass is 363 g/mol. The zero-order chi connectivity index (χ0) is 19.1. The number of hydrogen-bond acceptors (Lipinski definition) is 5. The predicted molar refractivity (Wildman–Crippen MR) is 103 cm³/mol. The average molecular weight is 363 g/mol. The minimum absolute atomic E-state index is 0.0835. The third-order valence-corrected chi connectivity index (χ3v) is 3.95. The van der Waals surface area contributed by atoms with Crippen molar-refractivity contribution in [3.05, 3.63) is 84.4 Å². The summed E-state index contributed by atoms with van der Waals surface area (Å²) in [6.45, 7) is 0. The van der Waals surface area contributed by atoms with Gasteiger partial charge in [0.25, 0.3) is 0 Å². The van der Waals surface area contributed by atoms with Crippen LogP contribution >= 0.6 is 0 Å². The molecule has 0 aliphatic heterocycles. The summed E-state index contributed by atoms with van der Waals surface area (Å²) in [5, 5.41) is 0. The van der Waals surface area contributed by atoms with Crippen LogP contribution in [-0.4, -0.2) is 13.1 Å². The number of carbonyl (C=O) groups is 1. The van der Waals surface area contributed by atoms with E-state index in [1.807, 2.05) is 66.7 Å². The van der Waals surface area contributed by atoms with Crippen LogP contribution in [0.2, 0.25) is 0 Å². The summed E-state index contributed by atoms with van der Waals surface area (Å²) in [7, 11) is 1.34. The molecule has 5 nitrogen and oxygen atoms in total. The molecule has 0 bridgehead atoms. The van der Waals surface area contributed by atoms with Crippen molar-refractivity contribution in [2.24, 2.45) is 5.73 Å². The molecule has 0 amide bonds. The van der Waals surface area contributed by atoms with Gasteiger partial charge in [-0.1, -0.05) is 42.5 Å². The van der Waals surface area contributed by atoms with E-state index < -0.39 is 6.04 Å². The zero-order valence-electron chi connectivity index (χ0n) is 15.0. The van der Waals surface area contributed by atoms with Crippen molar-refractivity contribution in [3.8, 4) is 23.0 Å². The molecule has 0 aromatic heterocycles. The Morgan fingerprint density at radius 3 is 1.96 bits per heavy atom. The molecule has 27 heavy (non-hydrogen) atoms. The predicted octanol–water partition coefficient (Wildman–Crippen LogP) is 4.83. The molecule has 0 saturated heterocycles. The Morgan fingerprint density at radius 2 is 1.41 bits per heavy atom. The smallest absolute Gasteiger partial charge is 0.307 e. The van der Waals surface area contributed by atoms with Crippen molar-refractivity contribution in [1.29, 1.82) is 0 Å². The van der Waals surface area contributed by atoms with Gasteiger partial charge in [-0.2, -0.15) is 0 Å². The van der Waals surface area contributed by atoms with E-state index in [0.717, 1.165) is 5.56 Å². The van der Waals surface area contributed by atoms with Crippen LogP contribution in [0.5, 0.6) is 23.0 Å². The van der Waals surface area contributed by atoms with Crippen LogP contribution in [0.15, 0.2) is 78.9 Å². The number of rotatable bonds is 7. The fraction of sp³-hybridized carbons (Fsp3) is 0.136. The van der Waals surface area contributed by atoms with Crippen molar-refractivity contribution in [3.63, 3.8) is 0 Å². The Bertz CT molecular complexity index is 881. The number of carbonyl (C=O) groups excluding carboxylic acids is 1. The largest absolute Gasteiger partial charge is 0.469 e. The number of methoxy groups -OCH3 is 1. The second kappa shape index (κ2) is 8.87. The molecule has 0 fully saturated rings. The highest BCUT2D eigenvalue weighted by molar-refractivity contribution is 5.70. The van der Waals surface area contributed by atoms with Gasteiger partial charge < -0.3 is 19.9 Å². The van der Waals surface area contributed by atoms with Gasteiger partial charge in [0.15, 0.2) is 11.5 Å². The van der Waals surface area contributed by atoms with Crippen LogP contribution in [0.1, 0.15) is 18.0 Å². The molecule has 3 aromatic carbocycles. The number of ether oxygens (including phenoxy) is 3. The maximum atomic E-state index is 11.5. The first kappa shape index (κ1) is 18.5. The Morgan fingerprint density at radius 1 is 0.852 bits per heavy atom. The topological polar surface area (TPSA) is 70.8 Å². The lowest BCUT2D eigenvalue weighted by atomic mass is 10.0. The van der Waals surface area contributed by atoms with Crippen molar-refractivity contribution < 1.29 is 19.0 Å². The molecule has 0 aliphatic carbocycles. The van der Waals surface area contributed by atoms with Crippen LogP contribution in [0.3, 0.4) is 0 Å². The molecule has 0 unspecified atom stereocenters. The maximum Gasteiger partial charge on any atom is 0.307 e. The second-order valence-electron chi connectivity index (χ2n) is 5.92. The molecule has 2 N–H and O–H groups in total. The molecular weight excluding hydrogens is 342 g/mol. The number of esters is 1. The molecule has 1 atom stereocenters. The average Bonchev–Trinajstić information content (AvgIpc) is 2.70. The lowest BCUT2D eigenvalue weighted by Gasteiger charge is -2.16. The Balaban J connectivity index is 1.90. The van der Waals surface area contributed by atoms with Crippen LogP contribution in [0.25, 0.3) is 0 Å². The summed E-state index contributed by atoms with van der Waals surface area (Å²) < 4.78 is 16.7. The second-order valence-corrected chi connectivity index (χ2v) is 5.92. The molecule has 3 rings (SSSR count). The van der Waals surface area contributed by atoms with E-state index in [1.165, 1.54) is 7.11 Å². The number of hydrogen-bond donors (Lipinski definition) is 1. The summed E-state index contributed by atoms with van der Waals surface area (Å²) in [5.74, 6) is 2.08. The Hall–Kier alpha value is -3.31. The van der Waals surface area contributed by atoms with E-state index in [9.17, 15) is 4.79 Å². The van der Waals surface area contributed by atoms with Crippen LogP contribution < -0.4 is 15.2 Å². The molecular formula is C22H21NO4. The van der Waals surface area contributed by atoms with E-state index in [0.29, 0.717) is 23.0 Å². The summed E-state index contributed by atoms with van der Waals surface area (Å²) >= 11 is 0. The van der Waals surface area contributed by atoms with E-state index >= 15 is 0 Å². The van der Waals surface area contributed by atoms with E-state index in [4.69, 9.17) is 19.9 Å². The van der Waals surface area contributed by atoms with E-state index in [1.54, 1.807) is 12.1 Å². The highest BCUT2D eigenvalue weighted by atomic mass is 16.5. The van der Waals surface area contributed by atoms with Gasteiger partial charge in [0.2, 0.25) is 0 Å². The normalized spacial score (nSPS) is 11.5. The number of para-hydroxylation sites is 2. The molecule has 3 aromatic rings. The Labute approximate surface area is 158 Å². The van der Waals surface area contributed by atoms with Crippen LogP contribution in [-0.2, 0) is 9.53 Å². The first-order chi connectivity index (χ1) is 13.2. The number of nitrogens with two attached hydrogens (primary N) is 1. The maximum absolute atomic E-state index is 11.5. The number of benzene rings is 3. The highest BCUT2D eigenvalue weighted by Crippen LogP contribution is 2.37. The lowest BCUT2D eigenvalue weighted by Crippen LogP contribution is -2.16. The molecule has 0 saturated carbocycles. The lowest BCUT2D eigenvalue weighted by molar-refractivity contribution is -0.141. The summed E-state index contributed by atoms with van der Waals surface area (Å²) in [6, 6.07) is 23.7. The van der Waals surface area contributed by atoms with Crippen molar-refractivity contribution in [2.75, 3.05) is 7.11 Å². The quantitative estimate of drug-likeness (QED) is 0.609. The van der Waals surface area contributed by atoms with E-state index in [2.05, 4.69) is 0 Å². The molecule has 5 heteroatoms. The van der Waals surface area contributed by atoms with Crippen molar-refractivity contribution in [1.82, 2.24) is 0 Å². The minimum Gasteiger partial charge on any atom is -0.469 e. The minimum atomic E-state index is -0.499. The summed E-state index contributed by atoms with van der Waals surface area (Å²) in [5.41, 5.74) is 6.90. The third kappa shape index (κ3) is 5.09. The Kier molecular flexibility index (Phi) is 6.07. The van der Waals surface area contributed by atoms with Gasteiger partial charge in [-0.15, -0.1) is 0 Å². The zero-order valence-corrected chi connectivity index (χ0v) is 15.0. The van der Waals surface area contributed by atoms with Gasteiger partial charge in [-0.3, -0.25) is 4.79 Å². The van der Waals surface area contributed by atoms with Crippen LogP contribution in [0.4, 0.5) is 0 Å². The molecule has 0 heterocycles. The summed E-state index contributed by atoms with van der Waals surface area (Å²) in [6.07, 6.45) is 0.0835. The fourth-order valence-electron chi connectivity index (χ4n) is 2.53. The van der Waals surface area contributed by atoms with Gasteiger partial charge in [0.1, 0.15) is 11.5 Å². The SMILES string of the molecule is COC(=O)C[C@H](N)c1ccc(Oc2ccccc2)c(Oc2ccccc2)c1. The van der Waals surface area contributed by atoms with Crippen LogP contribution in [0, 0.1) is 0 Å². The fourth-order valence-corrected chi connectivity index (χ4v) is 2.53. The van der Waals surface area contributed by atoms with Gasteiger partial charge >= 0.3 is 5.97 Å². The first-order valence-corrected chi connectivity index (χ1v) is 8.58. The van der Waals surface area contributed by atoms with E-state index in [-0.39, 0.29) is 12.4 Å². The van der Waals surface area contributed by atoms with Gasteiger partial charge in [0.05, 0.1) is 13.5 Å². The summed E-state index contributed by atoms with van der Waals surface area (Å²) in [4.78, 5) is 11.5. The molecule has 0 radical (unpaired) electrons. The first-order valence-electron chi connectivity index (χ1n) is 8.58. The van der Waals surface area contributed by atoms with Gasteiger partial charge in [0, 0.05) is 6.04 Å². The highest BCUT2D eigenvalue weighted by Gasteiger charge is 2.16.